The fourth-order valence-corrected chi connectivity index (χ4v) is 4.73. The maximum atomic E-state index is 11.1. The molecule has 0 saturated heterocycles. The van der Waals surface area contributed by atoms with Crippen molar-refractivity contribution >= 4 is 0 Å². The Kier molecular flexibility index (Phi) is 8.34. The smallest absolute Gasteiger partial charge is 0.197 e. The molecule has 214 valence electrons. The fourth-order valence-electron chi connectivity index (χ4n) is 4.73. The number of aromatic nitrogens is 3. The molecule has 42 heavy (non-hydrogen) atoms. The molecule has 5 rings (SSSR count). The van der Waals surface area contributed by atoms with Crippen molar-refractivity contribution in [1.29, 1.82) is 0 Å². The number of rotatable bonds is 9. The molecule has 0 bridgehead atoms. The van der Waals surface area contributed by atoms with Gasteiger partial charge in [-0.3, -0.25) is 0 Å². The van der Waals surface area contributed by atoms with Crippen LogP contribution in [0.2, 0.25) is 0 Å². The number of aromatic hydroxyl groups is 1. The van der Waals surface area contributed by atoms with Gasteiger partial charge in [-0.2, -0.15) is 0 Å². The molecule has 0 aliphatic rings. The predicted molar refractivity (Wildman–Crippen MR) is 164 cm³/mol. The first-order valence-electron chi connectivity index (χ1n) is 13.9. The lowest BCUT2D eigenvalue weighted by atomic mass is 10.0. The topological polar surface area (TPSA) is 97.6 Å². The number of ether oxygens (including phenoxy) is 2. The number of aryl methyl sites for hydroxylation is 4. The van der Waals surface area contributed by atoms with Crippen LogP contribution in [-0.4, -0.2) is 37.6 Å². The van der Waals surface area contributed by atoms with E-state index in [1.807, 2.05) is 82.3 Å². The summed E-state index contributed by atoms with van der Waals surface area (Å²) in [6.45, 7) is 9.82. The summed E-state index contributed by atoms with van der Waals surface area (Å²) in [5, 5.41) is 21.7. The van der Waals surface area contributed by atoms with Gasteiger partial charge in [0.25, 0.3) is 0 Å². The molecule has 7 nitrogen and oxygen atoms in total. The van der Waals surface area contributed by atoms with Crippen molar-refractivity contribution in [1.82, 2.24) is 15.0 Å². The molecule has 0 spiro atoms. The molecule has 0 aliphatic carbocycles. The standard InChI is InChI=1S/C35H35N3O4/c1-22-11-14-28(24(3)17-22)32-36-33(29-15-12-23(2)18-25(29)4)38-34(37-32)30-16-13-27(19-31(30)39)41-21-35(5,40)42-20-26-9-7-6-8-10-26/h6-19,39-40H,20-21H2,1-5H3. The Labute approximate surface area is 246 Å². The van der Waals surface area contributed by atoms with Crippen molar-refractivity contribution in [3.63, 3.8) is 0 Å². The average molecular weight is 562 g/mol. The van der Waals surface area contributed by atoms with E-state index in [1.54, 1.807) is 12.1 Å². The van der Waals surface area contributed by atoms with Gasteiger partial charge in [-0.15, -0.1) is 0 Å². The Morgan fingerprint density at radius 2 is 1.19 bits per heavy atom. The molecule has 0 radical (unpaired) electrons. The van der Waals surface area contributed by atoms with Crippen LogP contribution in [0.3, 0.4) is 0 Å². The van der Waals surface area contributed by atoms with E-state index in [9.17, 15) is 10.2 Å². The van der Waals surface area contributed by atoms with Gasteiger partial charge in [0.05, 0.1) is 12.2 Å². The lowest BCUT2D eigenvalue weighted by molar-refractivity contribution is -0.213. The van der Waals surface area contributed by atoms with Crippen LogP contribution in [-0.2, 0) is 11.3 Å². The van der Waals surface area contributed by atoms with E-state index in [-0.39, 0.29) is 19.0 Å². The Morgan fingerprint density at radius 1 is 0.667 bits per heavy atom. The Balaban J connectivity index is 1.44. The maximum Gasteiger partial charge on any atom is 0.197 e. The van der Waals surface area contributed by atoms with Crippen LogP contribution < -0.4 is 4.74 Å². The van der Waals surface area contributed by atoms with Gasteiger partial charge in [0.2, 0.25) is 0 Å². The molecule has 1 heterocycles. The Morgan fingerprint density at radius 3 is 1.71 bits per heavy atom. The van der Waals surface area contributed by atoms with Crippen LogP contribution in [0.1, 0.15) is 34.7 Å². The molecule has 2 N–H and O–H groups in total. The van der Waals surface area contributed by atoms with Gasteiger partial charge < -0.3 is 19.7 Å². The molecule has 0 fully saturated rings. The normalized spacial score (nSPS) is 12.6. The molecule has 1 atom stereocenters. The summed E-state index contributed by atoms with van der Waals surface area (Å²) in [5.74, 6) is 0.189. The van der Waals surface area contributed by atoms with E-state index in [4.69, 9.17) is 24.4 Å². The van der Waals surface area contributed by atoms with E-state index in [2.05, 4.69) is 12.1 Å². The second-order valence-electron chi connectivity index (χ2n) is 10.9. The monoisotopic (exact) mass is 561 g/mol. The van der Waals surface area contributed by atoms with Gasteiger partial charge in [0.15, 0.2) is 23.3 Å². The zero-order valence-corrected chi connectivity index (χ0v) is 24.5. The summed E-state index contributed by atoms with van der Waals surface area (Å²) in [6.07, 6.45) is 0. The summed E-state index contributed by atoms with van der Waals surface area (Å²) in [6, 6.07) is 26.8. The van der Waals surface area contributed by atoms with Gasteiger partial charge in [0, 0.05) is 17.2 Å². The van der Waals surface area contributed by atoms with Crippen LogP contribution in [0, 0.1) is 27.7 Å². The van der Waals surface area contributed by atoms with Gasteiger partial charge in [-0.25, -0.2) is 15.0 Å². The third kappa shape index (κ3) is 6.82. The van der Waals surface area contributed by atoms with E-state index >= 15 is 0 Å². The molecular weight excluding hydrogens is 526 g/mol. The second kappa shape index (κ2) is 12.1. The van der Waals surface area contributed by atoms with Crippen molar-refractivity contribution in [3.05, 3.63) is 113 Å². The minimum Gasteiger partial charge on any atom is -0.507 e. The lowest BCUT2D eigenvalue weighted by Crippen LogP contribution is -2.35. The van der Waals surface area contributed by atoms with E-state index in [0.29, 0.717) is 28.8 Å². The summed E-state index contributed by atoms with van der Waals surface area (Å²) in [4.78, 5) is 14.4. The highest BCUT2D eigenvalue weighted by Crippen LogP contribution is 2.34. The first-order valence-corrected chi connectivity index (χ1v) is 13.9. The number of phenols is 1. The van der Waals surface area contributed by atoms with Gasteiger partial charge in [-0.05, 0) is 63.4 Å². The summed E-state index contributed by atoms with van der Waals surface area (Å²) < 4.78 is 11.4. The lowest BCUT2D eigenvalue weighted by Gasteiger charge is -2.24. The van der Waals surface area contributed by atoms with Crippen molar-refractivity contribution in [2.45, 2.75) is 47.0 Å². The van der Waals surface area contributed by atoms with Crippen molar-refractivity contribution in [2.75, 3.05) is 6.61 Å². The van der Waals surface area contributed by atoms with Gasteiger partial charge >= 0.3 is 0 Å². The highest BCUT2D eigenvalue weighted by atomic mass is 16.6. The molecule has 0 saturated carbocycles. The predicted octanol–water partition coefficient (Wildman–Crippen LogP) is 7.12. The minimum atomic E-state index is -1.53. The van der Waals surface area contributed by atoms with E-state index in [0.717, 1.165) is 38.9 Å². The molecule has 0 aliphatic heterocycles. The van der Waals surface area contributed by atoms with E-state index in [1.165, 1.54) is 13.0 Å². The molecule has 7 heteroatoms. The average Bonchev–Trinajstić information content (AvgIpc) is 2.95. The van der Waals surface area contributed by atoms with Crippen LogP contribution in [0.5, 0.6) is 11.5 Å². The molecule has 4 aromatic carbocycles. The number of nitrogens with zero attached hydrogens (tertiary/aromatic N) is 3. The maximum absolute atomic E-state index is 11.1. The van der Waals surface area contributed by atoms with Gasteiger partial charge in [-0.1, -0.05) is 77.9 Å². The molecule has 0 amide bonds. The largest absolute Gasteiger partial charge is 0.507 e. The number of phenolic OH excluding ortho intramolecular Hbond substituents is 1. The number of benzene rings is 4. The first kappa shape index (κ1) is 28.9. The van der Waals surface area contributed by atoms with Crippen LogP contribution in [0.4, 0.5) is 0 Å². The van der Waals surface area contributed by atoms with Crippen LogP contribution in [0.15, 0.2) is 84.9 Å². The summed E-state index contributed by atoms with van der Waals surface area (Å²) in [7, 11) is 0. The fraction of sp³-hybridized carbons (Fsp3) is 0.229. The van der Waals surface area contributed by atoms with E-state index < -0.39 is 5.79 Å². The Bertz CT molecular complexity index is 1650. The molecule has 1 aromatic heterocycles. The quantitative estimate of drug-likeness (QED) is 0.185. The van der Waals surface area contributed by atoms with Crippen LogP contribution in [0.25, 0.3) is 34.2 Å². The SMILES string of the molecule is Cc1ccc(-c2nc(-c3ccc(C)cc3C)nc(-c3ccc(OCC(C)(O)OCc4ccccc4)cc3O)n2)c(C)c1. The molecule has 5 aromatic rings. The third-order valence-electron chi connectivity index (χ3n) is 6.99. The molecule has 1 unspecified atom stereocenters. The minimum absolute atomic E-state index is 0.0540. The number of hydrogen-bond acceptors (Lipinski definition) is 7. The number of aliphatic hydroxyl groups is 1. The third-order valence-corrected chi connectivity index (χ3v) is 6.99. The second-order valence-corrected chi connectivity index (χ2v) is 10.9. The van der Waals surface area contributed by atoms with Crippen molar-refractivity contribution in [2.24, 2.45) is 0 Å². The van der Waals surface area contributed by atoms with Crippen molar-refractivity contribution < 1.29 is 19.7 Å². The van der Waals surface area contributed by atoms with Gasteiger partial charge in [0.1, 0.15) is 18.1 Å². The highest BCUT2D eigenvalue weighted by molar-refractivity contribution is 5.72. The molecular formula is C35H35N3O4. The zero-order valence-electron chi connectivity index (χ0n) is 24.5. The summed E-state index contributed by atoms with van der Waals surface area (Å²) >= 11 is 0. The van der Waals surface area contributed by atoms with Crippen LogP contribution >= 0.6 is 0 Å². The summed E-state index contributed by atoms with van der Waals surface area (Å²) in [5.41, 5.74) is 7.57. The zero-order chi connectivity index (χ0) is 29.9. The first-order chi connectivity index (χ1) is 20.1. The number of hydrogen-bond donors (Lipinski definition) is 2. The van der Waals surface area contributed by atoms with Crippen molar-refractivity contribution in [3.8, 4) is 45.7 Å². The highest BCUT2D eigenvalue weighted by Gasteiger charge is 2.23. The Hall–Kier alpha value is -4.59.